The van der Waals surface area contributed by atoms with Crippen molar-refractivity contribution in [3.8, 4) is 0 Å². The molecule has 3 rings (SSSR count). The van der Waals surface area contributed by atoms with E-state index in [1.165, 1.54) is 11.1 Å². The quantitative estimate of drug-likeness (QED) is 0.818. The summed E-state index contributed by atoms with van der Waals surface area (Å²) in [6.07, 6.45) is 4.96. The van der Waals surface area contributed by atoms with Gasteiger partial charge in [-0.3, -0.25) is 9.48 Å². The molecule has 1 aromatic carbocycles. The van der Waals surface area contributed by atoms with Crippen LogP contribution in [0.4, 0.5) is 5.69 Å². The van der Waals surface area contributed by atoms with E-state index in [1.54, 1.807) is 0 Å². The Hall–Kier alpha value is -2.10. The van der Waals surface area contributed by atoms with Crippen LogP contribution in [0.5, 0.6) is 0 Å². The number of aromatic nitrogens is 2. The van der Waals surface area contributed by atoms with Gasteiger partial charge in [-0.05, 0) is 62.4 Å². The van der Waals surface area contributed by atoms with Gasteiger partial charge in [0.25, 0.3) is 5.91 Å². The number of anilines is 1. The molecule has 4 nitrogen and oxygen atoms in total. The van der Waals surface area contributed by atoms with Gasteiger partial charge in [0, 0.05) is 24.3 Å². The monoisotopic (exact) mass is 325 g/mol. The lowest BCUT2D eigenvalue weighted by Gasteiger charge is -2.18. The zero-order valence-electron chi connectivity index (χ0n) is 15.1. The van der Waals surface area contributed by atoms with E-state index in [4.69, 9.17) is 5.10 Å². The molecule has 1 amide bonds. The van der Waals surface area contributed by atoms with Crippen LogP contribution < -0.4 is 4.90 Å². The van der Waals surface area contributed by atoms with Crippen molar-refractivity contribution in [3.63, 3.8) is 0 Å². The van der Waals surface area contributed by atoms with Gasteiger partial charge in [0.2, 0.25) is 0 Å². The fraction of sp³-hybridized carbons (Fsp3) is 0.500. The molecule has 0 bridgehead atoms. The number of rotatable bonds is 5. The number of aryl methyl sites for hydroxylation is 2. The van der Waals surface area contributed by atoms with Crippen LogP contribution in [-0.4, -0.2) is 22.2 Å². The maximum absolute atomic E-state index is 12.9. The predicted octanol–water partition coefficient (Wildman–Crippen LogP) is 4.38. The zero-order valence-corrected chi connectivity index (χ0v) is 15.1. The average Bonchev–Trinajstić information content (AvgIpc) is 3.14. The molecule has 2 aromatic rings. The normalized spacial score (nSPS) is 18.0. The van der Waals surface area contributed by atoms with Crippen LogP contribution >= 0.6 is 0 Å². The van der Waals surface area contributed by atoms with Crippen LogP contribution in [0, 0.1) is 13.8 Å². The molecule has 1 saturated heterocycles. The second kappa shape index (κ2) is 6.80. The summed E-state index contributed by atoms with van der Waals surface area (Å²) in [7, 11) is 0. The Morgan fingerprint density at radius 2 is 1.83 bits per heavy atom. The summed E-state index contributed by atoms with van der Waals surface area (Å²) in [5.74, 6) is 0.637. The topological polar surface area (TPSA) is 38.1 Å². The molecule has 4 heteroatoms. The first kappa shape index (κ1) is 16.7. The molecule has 1 aliphatic rings. The third-order valence-electron chi connectivity index (χ3n) is 5.05. The number of carbonyl (C=O) groups excluding carboxylic acids is 1. The average molecular weight is 325 g/mol. The first-order valence-electron chi connectivity index (χ1n) is 8.98. The van der Waals surface area contributed by atoms with E-state index in [-0.39, 0.29) is 11.9 Å². The van der Waals surface area contributed by atoms with Crippen LogP contribution in [0.1, 0.15) is 61.9 Å². The fourth-order valence-corrected chi connectivity index (χ4v) is 3.72. The minimum atomic E-state index is -0.172. The van der Waals surface area contributed by atoms with Crippen molar-refractivity contribution in [1.29, 1.82) is 0 Å². The van der Waals surface area contributed by atoms with Gasteiger partial charge in [-0.1, -0.05) is 19.9 Å². The Morgan fingerprint density at radius 3 is 2.46 bits per heavy atom. The smallest absolute Gasteiger partial charge is 0.251 e. The van der Waals surface area contributed by atoms with Crippen molar-refractivity contribution in [3.05, 3.63) is 47.3 Å². The molecular formula is C20H27N3O. The van der Waals surface area contributed by atoms with Crippen molar-refractivity contribution >= 4 is 11.6 Å². The van der Waals surface area contributed by atoms with Gasteiger partial charge in [0.15, 0.2) is 0 Å². The molecule has 24 heavy (non-hydrogen) atoms. The van der Waals surface area contributed by atoms with Crippen LogP contribution in [0.25, 0.3) is 0 Å². The van der Waals surface area contributed by atoms with Gasteiger partial charge in [0.1, 0.15) is 6.04 Å². The number of benzene rings is 1. The Morgan fingerprint density at radius 1 is 1.17 bits per heavy atom. The number of hydrogen-bond donors (Lipinski definition) is 0. The third kappa shape index (κ3) is 3.10. The van der Waals surface area contributed by atoms with Gasteiger partial charge < -0.3 is 4.90 Å². The lowest BCUT2D eigenvalue weighted by atomic mass is 10.0. The third-order valence-corrected chi connectivity index (χ3v) is 5.05. The van der Waals surface area contributed by atoms with Gasteiger partial charge >= 0.3 is 0 Å². The highest BCUT2D eigenvalue weighted by Crippen LogP contribution is 2.30. The van der Waals surface area contributed by atoms with E-state index in [0.29, 0.717) is 5.92 Å². The SMILES string of the molecule is CCC(CC)c1ccn(C2CCN(c3cc(C)cc(C)c3)C2=O)n1. The van der Waals surface area contributed by atoms with Crippen molar-refractivity contribution in [2.75, 3.05) is 11.4 Å². The fourth-order valence-electron chi connectivity index (χ4n) is 3.72. The highest BCUT2D eigenvalue weighted by atomic mass is 16.2. The first-order chi connectivity index (χ1) is 11.5. The van der Waals surface area contributed by atoms with E-state index in [2.05, 4.69) is 52.0 Å². The summed E-state index contributed by atoms with van der Waals surface area (Å²) in [4.78, 5) is 14.8. The lowest BCUT2D eigenvalue weighted by molar-refractivity contribution is -0.120. The Balaban J connectivity index is 1.81. The summed E-state index contributed by atoms with van der Waals surface area (Å²) >= 11 is 0. The molecule has 0 aliphatic carbocycles. The molecule has 128 valence electrons. The minimum Gasteiger partial charge on any atom is -0.310 e. The summed E-state index contributed by atoms with van der Waals surface area (Å²) in [5.41, 5.74) is 4.50. The van der Waals surface area contributed by atoms with Crippen molar-refractivity contribution in [2.24, 2.45) is 0 Å². The van der Waals surface area contributed by atoms with Crippen LogP contribution in [-0.2, 0) is 4.79 Å². The first-order valence-corrected chi connectivity index (χ1v) is 8.98. The van der Waals surface area contributed by atoms with E-state index in [0.717, 1.165) is 37.2 Å². The van der Waals surface area contributed by atoms with Crippen LogP contribution in [0.2, 0.25) is 0 Å². The maximum Gasteiger partial charge on any atom is 0.251 e. The van der Waals surface area contributed by atoms with Crippen LogP contribution in [0.3, 0.4) is 0 Å². The molecule has 1 fully saturated rings. The molecule has 0 saturated carbocycles. The molecule has 0 N–H and O–H groups in total. The Kier molecular flexibility index (Phi) is 4.74. The highest BCUT2D eigenvalue weighted by Gasteiger charge is 2.34. The number of amides is 1. The number of hydrogen-bond acceptors (Lipinski definition) is 2. The van der Waals surface area contributed by atoms with Crippen molar-refractivity contribution in [1.82, 2.24) is 9.78 Å². The van der Waals surface area contributed by atoms with E-state index in [9.17, 15) is 4.79 Å². The van der Waals surface area contributed by atoms with Crippen molar-refractivity contribution < 1.29 is 4.79 Å². The molecule has 1 atom stereocenters. The predicted molar refractivity (Wildman–Crippen MR) is 97.5 cm³/mol. The number of carbonyl (C=O) groups is 1. The zero-order chi connectivity index (χ0) is 17.3. The number of nitrogens with zero attached hydrogens (tertiary/aromatic N) is 3. The molecule has 2 heterocycles. The summed E-state index contributed by atoms with van der Waals surface area (Å²) < 4.78 is 1.87. The van der Waals surface area contributed by atoms with E-state index < -0.39 is 0 Å². The molecule has 1 aromatic heterocycles. The molecule has 1 aliphatic heterocycles. The van der Waals surface area contributed by atoms with Gasteiger partial charge in [0.05, 0.1) is 5.69 Å². The Bertz CT molecular complexity index is 710. The second-order valence-electron chi connectivity index (χ2n) is 6.87. The molecule has 0 radical (unpaired) electrons. The standard InChI is InChI=1S/C20H27N3O/c1-5-16(6-2)18-7-10-23(21-18)19-8-9-22(20(19)24)17-12-14(3)11-15(4)13-17/h7,10-13,16,19H,5-6,8-9H2,1-4H3. The maximum atomic E-state index is 12.9. The molecule has 1 unspecified atom stereocenters. The van der Waals surface area contributed by atoms with Crippen molar-refractivity contribution in [2.45, 2.75) is 58.9 Å². The summed E-state index contributed by atoms with van der Waals surface area (Å²) in [6, 6.07) is 8.22. The second-order valence-corrected chi connectivity index (χ2v) is 6.87. The highest BCUT2D eigenvalue weighted by molar-refractivity contribution is 5.98. The van der Waals surface area contributed by atoms with E-state index in [1.807, 2.05) is 15.8 Å². The van der Waals surface area contributed by atoms with Gasteiger partial charge in [-0.15, -0.1) is 0 Å². The summed E-state index contributed by atoms with van der Waals surface area (Å²) in [6.45, 7) is 9.28. The summed E-state index contributed by atoms with van der Waals surface area (Å²) in [5, 5.41) is 4.72. The lowest BCUT2D eigenvalue weighted by Crippen LogP contribution is -2.28. The largest absolute Gasteiger partial charge is 0.310 e. The molecular weight excluding hydrogens is 298 g/mol. The minimum absolute atomic E-state index is 0.152. The molecule has 0 spiro atoms. The van der Waals surface area contributed by atoms with Crippen LogP contribution in [0.15, 0.2) is 30.5 Å². The Labute approximate surface area is 144 Å². The van der Waals surface area contributed by atoms with E-state index >= 15 is 0 Å². The van der Waals surface area contributed by atoms with Gasteiger partial charge in [-0.25, -0.2) is 0 Å². The van der Waals surface area contributed by atoms with Gasteiger partial charge in [-0.2, -0.15) is 5.10 Å².